The zero-order valence-corrected chi connectivity index (χ0v) is 17.7. The highest BCUT2D eigenvalue weighted by atomic mass is 35.5. The Bertz CT molecular complexity index is 1610. The summed E-state index contributed by atoms with van der Waals surface area (Å²) < 4.78 is 30.1. The summed E-state index contributed by atoms with van der Waals surface area (Å²) in [5.41, 5.74) is 1.75. The fourth-order valence-electron chi connectivity index (χ4n) is 3.74. The Balaban J connectivity index is 1.63. The Labute approximate surface area is 190 Å². The minimum atomic E-state index is -0.886. The molecule has 5 aromatic rings. The van der Waals surface area contributed by atoms with Gasteiger partial charge in [0.25, 0.3) is 5.56 Å². The number of benzene rings is 3. The van der Waals surface area contributed by atoms with E-state index in [9.17, 15) is 18.4 Å². The smallest absolute Gasteiger partial charge is 0.260 e. The molecule has 6 nitrogen and oxygen atoms in total. The number of carbonyl (C=O) groups excluding carboxylic acids is 1. The van der Waals surface area contributed by atoms with Crippen molar-refractivity contribution in [1.82, 2.24) is 14.0 Å². The number of fused-ring (bicyclic) bond motifs is 3. The lowest BCUT2D eigenvalue weighted by Gasteiger charge is -2.09. The normalized spacial score (nSPS) is 11.2. The predicted molar refractivity (Wildman–Crippen MR) is 122 cm³/mol. The fourth-order valence-corrected chi connectivity index (χ4v) is 3.93. The number of amides is 1. The van der Waals surface area contributed by atoms with E-state index < -0.39 is 17.5 Å². The average molecular weight is 465 g/mol. The number of aromatic nitrogens is 3. The second kappa shape index (κ2) is 8.14. The van der Waals surface area contributed by atoms with Gasteiger partial charge in [0.2, 0.25) is 11.7 Å². The van der Waals surface area contributed by atoms with E-state index >= 15 is 0 Å². The van der Waals surface area contributed by atoms with Crippen LogP contribution in [0.15, 0.2) is 77.6 Å². The fraction of sp³-hybridized carbons (Fsp3) is 0.0417. The zero-order chi connectivity index (χ0) is 23.1. The molecule has 2 heterocycles. The van der Waals surface area contributed by atoms with Gasteiger partial charge >= 0.3 is 0 Å². The SMILES string of the molecule is O=C(Cn1c2ccccc2n2c(=O)cc(-c3cccc(Cl)c3)nc12)Nc1ccc(F)cc1F. The molecule has 0 bridgehead atoms. The number of para-hydroxylation sites is 2. The average Bonchev–Trinajstić information content (AvgIpc) is 3.10. The Hall–Kier alpha value is -4.04. The quantitative estimate of drug-likeness (QED) is 0.412. The second-order valence-corrected chi connectivity index (χ2v) is 7.81. The third-order valence-corrected chi connectivity index (χ3v) is 5.42. The van der Waals surface area contributed by atoms with E-state index in [2.05, 4.69) is 10.3 Å². The van der Waals surface area contributed by atoms with Crippen LogP contribution in [-0.2, 0) is 11.3 Å². The van der Waals surface area contributed by atoms with Gasteiger partial charge in [-0.05, 0) is 36.4 Å². The van der Waals surface area contributed by atoms with Crippen molar-refractivity contribution in [1.29, 1.82) is 0 Å². The largest absolute Gasteiger partial charge is 0.322 e. The third-order valence-electron chi connectivity index (χ3n) is 5.18. The van der Waals surface area contributed by atoms with Crippen molar-refractivity contribution in [2.24, 2.45) is 0 Å². The molecule has 3 aromatic carbocycles. The molecule has 0 aliphatic carbocycles. The lowest BCUT2D eigenvalue weighted by Crippen LogP contribution is -2.21. The predicted octanol–water partition coefficient (Wildman–Crippen LogP) is 4.89. The van der Waals surface area contributed by atoms with Crippen molar-refractivity contribution >= 4 is 40.0 Å². The zero-order valence-electron chi connectivity index (χ0n) is 16.9. The number of nitrogens with one attached hydrogen (secondary N) is 1. The first kappa shape index (κ1) is 20.8. The molecule has 0 aliphatic rings. The van der Waals surface area contributed by atoms with Gasteiger partial charge in [-0.3, -0.25) is 9.59 Å². The van der Waals surface area contributed by atoms with Gasteiger partial charge in [0.05, 0.1) is 22.4 Å². The topological polar surface area (TPSA) is 68.4 Å². The van der Waals surface area contributed by atoms with Crippen molar-refractivity contribution in [2.75, 3.05) is 5.32 Å². The number of imidazole rings is 1. The van der Waals surface area contributed by atoms with E-state index in [4.69, 9.17) is 11.6 Å². The summed E-state index contributed by atoms with van der Waals surface area (Å²) in [5, 5.41) is 2.94. The summed E-state index contributed by atoms with van der Waals surface area (Å²) in [5.74, 6) is -1.95. The molecule has 0 unspecified atom stereocenters. The molecule has 0 radical (unpaired) electrons. The van der Waals surface area contributed by atoms with Crippen molar-refractivity contribution in [3.05, 3.63) is 99.8 Å². The van der Waals surface area contributed by atoms with Crippen LogP contribution in [0.3, 0.4) is 0 Å². The number of rotatable bonds is 4. The van der Waals surface area contributed by atoms with Crippen molar-refractivity contribution < 1.29 is 13.6 Å². The minimum absolute atomic E-state index is 0.146. The molecule has 2 aromatic heterocycles. The molecule has 0 fully saturated rings. The molecule has 164 valence electrons. The first-order valence-corrected chi connectivity index (χ1v) is 10.3. The third kappa shape index (κ3) is 3.85. The Morgan fingerprint density at radius 3 is 2.52 bits per heavy atom. The maximum absolute atomic E-state index is 14.0. The van der Waals surface area contributed by atoms with Crippen LogP contribution in [0.25, 0.3) is 28.1 Å². The highest BCUT2D eigenvalue weighted by Crippen LogP contribution is 2.24. The summed E-state index contributed by atoms with van der Waals surface area (Å²) in [6.45, 7) is -0.251. The van der Waals surface area contributed by atoms with Gasteiger partial charge in [0, 0.05) is 22.7 Å². The van der Waals surface area contributed by atoms with E-state index in [1.807, 2.05) is 0 Å². The molecule has 1 amide bonds. The molecule has 0 spiro atoms. The van der Waals surface area contributed by atoms with Gasteiger partial charge in [-0.2, -0.15) is 0 Å². The van der Waals surface area contributed by atoms with Crippen LogP contribution in [0.2, 0.25) is 5.02 Å². The first-order valence-electron chi connectivity index (χ1n) is 9.92. The van der Waals surface area contributed by atoms with E-state index in [-0.39, 0.29) is 23.6 Å². The van der Waals surface area contributed by atoms with Gasteiger partial charge in [-0.25, -0.2) is 18.2 Å². The maximum Gasteiger partial charge on any atom is 0.260 e. The Kier molecular flexibility index (Phi) is 5.14. The van der Waals surface area contributed by atoms with Gasteiger partial charge in [-0.1, -0.05) is 35.9 Å². The number of hydrogen-bond donors (Lipinski definition) is 1. The van der Waals surface area contributed by atoms with Crippen LogP contribution in [0, 0.1) is 11.6 Å². The highest BCUT2D eigenvalue weighted by molar-refractivity contribution is 6.30. The molecule has 33 heavy (non-hydrogen) atoms. The molecular weight excluding hydrogens is 450 g/mol. The van der Waals surface area contributed by atoms with Crippen LogP contribution in [0.5, 0.6) is 0 Å². The molecule has 1 N–H and O–H groups in total. The molecule has 5 rings (SSSR count). The van der Waals surface area contributed by atoms with Gasteiger partial charge in [-0.15, -0.1) is 0 Å². The molecule has 0 saturated heterocycles. The van der Waals surface area contributed by atoms with E-state index in [1.165, 1.54) is 10.5 Å². The molecule has 0 saturated carbocycles. The summed E-state index contributed by atoms with van der Waals surface area (Å²) in [7, 11) is 0. The highest BCUT2D eigenvalue weighted by Gasteiger charge is 2.18. The standard InChI is InChI=1S/C24H15ClF2N4O2/c25-15-5-3-4-14(10-15)19-12-23(33)31-21-7-2-1-6-20(21)30(24(31)29-19)13-22(32)28-18-9-8-16(26)11-17(18)27/h1-12H,13H2,(H,28,32). The lowest BCUT2D eigenvalue weighted by molar-refractivity contribution is -0.116. The van der Waals surface area contributed by atoms with Crippen LogP contribution in [0.1, 0.15) is 0 Å². The molecule has 9 heteroatoms. The first-order chi connectivity index (χ1) is 15.9. The van der Waals surface area contributed by atoms with Gasteiger partial charge in [0.15, 0.2) is 0 Å². The second-order valence-electron chi connectivity index (χ2n) is 7.37. The van der Waals surface area contributed by atoms with Crippen LogP contribution in [-0.4, -0.2) is 19.9 Å². The van der Waals surface area contributed by atoms with Crippen molar-refractivity contribution in [3.8, 4) is 11.3 Å². The van der Waals surface area contributed by atoms with Crippen molar-refractivity contribution in [2.45, 2.75) is 6.54 Å². The summed E-state index contributed by atoms with van der Waals surface area (Å²) in [6.07, 6.45) is 0. The molecule has 0 atom stereocenters. The van der Waals surface area contributed by atoms with Crippen molar-refractivity contribution in [3.63, 3.8) is 0 Å². The summed E-state index contributed by atoms with van der Waals surface area (Å²) in [4.78, 5) is 30.4. The van der Waals surface area contributed by atoms with Gasteiger partial charge < -0.3 is 9.88 Å². The van der Waals surface area contributed by atoms with Crippen LogP contribution < -0.4 is 10.9 Å². The van der Waals surface area contributed by atoms with E-state index in [1.54, 1.807) is 53.1 Å². The van der Waals surface area contributed by atoms with Crippen LogP contribution in [0.4, 0.5) is 14.5 Å². The summed E-state index contributed by atoms with van der Waals surface area (Å²) in [6, 6.07) is 18.3. The number of halogens is 3. The lowest BCUT2D eigenvalue weighted by atomic mass is 10.1. The summed E-state index contributed by atoms with van der Waals surface area (Å²) >= 11 is 6.09. The molecule has 0 aliphatic heterocycles. The van der Waals surface area contributed by atoms with Crippen LogP contribution >= 0.6 is 11.6 Å². The minimum Gasteiger partial charge on any atom is -0.322 e. The van der Waals surface area contributed by atoms with Gasteiger partial charge in [0.1, 0.15) is 18.2 Å². The molecular formula is C24H15ClF2N4O2. The maximum atomic E-state index is 14.0. The number of carbonyl (C=O) groups is 1. The number of hydrogen-bond acceptors (Lipinski definition) is 3. The number of nitrogens with zero attached hydrogens (tertiary/aromatic N) is 3. The Morgan fingerprint density at radius 2 is 1.76 bits per heavy atom. The number of anilines is 1. The van der Waals surface area contributed by atoms with E-state index in [0.29, 0.717) is 33.4 Å². The monoisotopic (exact) mass is 464 g/mol. The Morgan fingerprint density at radius 1 is 0.970 bits per heavy atom. The van der Waals surface area contributed by atoms with E-state index in [0.717, 1.165) is 12.1 Å².